The first-order valence-corrected chi connectivity index (χ1v) is 6.08. The third-order valence-electron chi connectivity index (χ3n) is 2.97. The summed E-state index contributed by atoms with van der Waals surface area (Å²) in [6, 6.07) is 7.01. The van der Waals surface area contributed by atoms with Crippen LogP contribution in [-0.4, -0.2) is 31.9 Å². The minimum atomic E-state index is -1.25. The molecule has 1 amide bonds. The number of carboxylic acid groups (broad SMARTS) is 1. The molecule has 0 aliphatic carbocycles. The normalized spacial score (nSPS) is 10.5. The number of carbonyl (C=O) groups is 2. The molecule has 3 aromatic rings. The fourth-order valence-corrected chi connectivity index (χ4v) is 2.04. The molecule has 2 heterocycles. The van der Waals surface area contributed by atoms with Gasteiger partial charge in [-0.3, -0.25) is 4.79 Å². The van der Waals surface area contributed by atoms with Crippen molar-refractivity contribution in [3.05, 3.63) is 54.1 Å². The van der Waals surface area contributed by atoms with Crippen LogP contribution < -0.4 is 5.32 Å². The highest BCUT2D eigenvalue weighted by Gasteiger charge is 2.17. The van der Waals surface area contributed by atoms with Gasteiger partial charge in [0.1, 0.15) is 0 Å². The van der Waals surface area contributed by atoms with Crippen molar-refractivity contribution in [1.82, 2.24) is 15.0 Å². The van der Waals surface area contributed by atoms with Crippen molar-refractivity contribution in [2.24, 2.45) is 0 Å². The number of nitrogens with one attached hydrogen (secondary N) is 2. The zero-order valence-corrected chi connectivity index (χ0v) is 10.7. The zero-order chi connectivity index (χ0) is 14.8. The molecule has 3 N–H and O–H groups in total. The fraction of sp³-hybridized carbons (Fsp3) is 0. The van der Waals surface area contributed by atoms with Gasteiger partial charge >= 0.3 is 5.97 Å². The van der Waals surface area contributed by atoms with Crippen LogP contribution in [0.4, 0.5) is 5.82 Å². The van der Waals surface area contributed by atoms with E-state index in [9.17, 15) is 9.59 Å². The molecule has 0 spiro atoms. The molecular weight excluding hydrogens is 272 g/mol. The highest BCUT2D eigenvalue weighted by Crippen LogP contribution is 2.19. The van der Waals surface area contributed by atoms with Crippen LogP contribution in [0.15, 0.2) is 42.9 Å². The van der Waals surface area contributed by atoms with Gasteiger partial charge in [0.15, 0.2) is 11.5 Å². The number of anilines is 1. The van der Waals surface area contributed by atoms with Crippen molar-refractivity contribution in [3.8, 4) is 0 Å². The Balaban J connectivity index is 1.97. The molecule has 7 nitrogen and oxygen atoms in total. The van der Waals surface area contributed by atoms with Gasteiger partial charge in [0.05, 0.1) is 0 Å². The average Bonchev–Trinajstić information content (AvgIpc) is 2.95. The van der Waals surface area contributed by atoms with Gasteiger partial charge in [-0.2, -0.15) is 0 Å². The van der Waals surface area contributed by atoms with Crippen LogP contribution in [0.25, 0.3) is 10.9 Å². The lowest BCUT2D eigenvalue weighted by Gasteiger charge is -2.07. The molecule has 0 atom stereocenters. The Morgan fingerprint density at radius 2 is 1.95 bits per heavy atom. The number of aromatic nitrogens is 3. The fourth-order valence-electron chi connectivity index (χ4n) is 2.04. The molecule has 0 aliphatic heterocycles. The van der Waals surface area contributed by atoms with Gasteiger partial charge in [-0.1, -0.05) is 6.07 Å². The highest BCUT2D eigenvalue weighted by molar-refractivity contribution is 6.13. The van der Waals surface area contributed by atoms with Gasteiger partial charge in [0, 0.05) is 35.1 Å². The maximum Gasteiger partial charge on any atom is 0.358 e. The lowest BCUT2D eigenvalue weighted by molar-refractivity contribution is 0.0691. The van der Waals surface area contributed by atoms with Crippen LogP contribution in [0.5, 0.6) is 0 Å². The van der Waals surface area contributed by atoms with Gasteiger partial charge in [-0.15, -0.1) is 0 Å². The van der Waals surface area contributed by atoms with E-state index in [1.807, 2.05) is 6.07 Å². The molecule has 0 fully saturated rings. The maximum absolute atomic E-state index is 12.3. The van der Waals surface area contributed by atoms with E-state index in [0.29, 0.717) is 5.56 Å². The number of amides is 1. The molecule has 2 aromatic heterocycles. The Labute approximate surface area is 118 Å². The van der Waals surface area contributed by atoms with E-state index in [1.54, 1.807) is 24.4 Å². The number of rotatable bonds is 3. The van der Waals surface area contributed by atoms with Gasteiger partial charge in [-0.05, 0) is 18.2 Å². The Bertz CT molecular complexity index is 841. The Morgan fingerprint density at radius 1 is 1.14 bits per heavy atom. The molecule has 0 unspecified atom stereocenters. The number of carboxylic acids is 1. The van der Waals surface area contributed by atoms with E-state index in [4.69, 9.17) is 5.11 Å². The summed E-state index contributed by atoms with van der Waals surface area (Å²) in [6.45, 7) is 0. The average molecular weight is 282 g/mol. The summed E-state index contributed by atoms with van der Waals surface area (Å²) in [5.41, 5.74) is 0.947. The number of nitrogens with zero attached hydrogens (tertiary/aromatic N) is 2. The van der Waals surface area contributed by atoms with Crippen LogP contribution in [0.3, 0.4) is 0 Å². The van der Waals surface area contributed by atoms with Crippen LogP contribution in [0.1, 0.15) is 20.8 Å². The number of aromatic amines is 1. The van der Waals surface area contributed by atoms with E-state index in [-0.39, 0.29) is 11.5 Å². The molecule has 104 valence electrons. The van der Waals surface area contributed by atoms with E-state index in [2.05, 4.69) is 20.3 Å². The van der Waals surface area contributed by atoms with Crippen LogP contribution >= 0.6 is 0 Å². The lowest BCUT2D eigenvalue weighted by Crippen LogP contribution is -2.17. The minimum Gasteiger partial charge on any atom is -0.476 e. The third kappa shape index (κ3) is 2.32. The number of H-pyrrole nitrogens is 1. The van der Waals surface area contributed by atoms with Crippen molar-refractivity contribution in [1.29, 1.82) is 0 Å². The van der Waals surface area contributed by atoms with Gasteiger partial charge in [0.25, 0.3) is 5.91 Å². The molecule has 0 saturated carbocycles. The largest absolute Gasteiger partial charge is 0.476 e. The third-order valence-corrected chi connectivity index (χ3v) is 2.97. The second kappa shape index (κ2) is 5.04. The first-order valence-electron chi connectivity index (χ1n) is 6.08. The molecule has 21 heavy (non-hydrogen) atoms. The number of benzene rings is 1. The van der Waals surface area contributed by atoms with Crippen LogP contribution in [0, 0.1) is 0 Å². The summed E-state index contributed by atoms with van der Waals surface area (Å²) in [5.74, 6) is -1.77. The van der Waals surface area contributed by atoms with Crippen LogP contribution in [-0.2, 0) is 0 Å². The van der Waals surface area contributed by atoms with E-state index in [0.717, 1.165) is 10.9 Å². The van der Waals surface area contributed by atoms with E-state index in [1.165, 1.54) is 12.4 Å². The van der Waals surface area contributed by atoms with Gasteiger partial charge in [0.2, 0.25) is 0 Å². The monoisotopic (exact) mass is 282 g/mol. The van der Waals surface area contributed by atoms with Crippen LogP contribution in [0.2, 0.25) is 0 Å². The first-order chi connectivity index (χ1) is 10.2. The lowest BCUT2D eigenvalue weighted by atomic mass is 10.1. The summed E-state index contributed by atoms with van der Waals surface area (Å²) in [6.07, 6.45) is 4.30. The number of fused-ring (bicyclic) bond motifs is 1. The van der Waals surface area contributed by atoms with Crippen molar-refractivity contribution in [2.45, 2.75) is 0 Å². The molecule has 0 bridgehead atoms. The predicted octanol–water partition coefficient (Wildman–Crippen LogP) is 1.91. The maximum atomic E-state index is 12.3. The Hall–Kier alpha value is -3.22. The SMILES string of the molecule is O=C(O)c1nccnc1NC(=O)c1cccc2[nH]ccc12. The Morgan fingerprint density at radius 3 is 2.76 bits per heavy atom. The molecule has 0 aliphatic rings. The van der Waals surface area contributed by atoms with Crippen molar-refractivity contribution >= 4 is 28.6 Å². The van der Waals surface area contributed by atoms with Gasteiger partial charge < -0.3 is 15.4 Å². The number of hydrogen-bond donors (Lipinski definition) is 3. The first kappa shape index (κ1) is 12.8. The molecular formula is C14H10N4O3. The molecule has 7 heteroatoms. The predicted molar refractivity (Wildman–Crippen MR) is 75.2 cm³/mol. The number of hydrogen-bond acceptors (Lipinski definition) is 4. The van der Waals surface area contributed by atoms with Gasteiger partial charge in [-0.25, -0.2) is 14.8 Å². The van der Waals surface area contributed by atoms with Crippen molar-refractivity contribution < 1.29 is 14.7 Å². The zero-order valence-electron chi connectivity index (χ0n) is 10.7. The summed E-state index contributed by atoms with van der Waals surface area (Å²) >= 11 is 0. The summed E-state index contributed by atoms with van der Waals surface area (Å²) < 4.78 is 0. The topological polar surface area (TPSA) is 108 Å². The summed E-state index contributed by atoms with van der Waals surface area (Å²) in [4.78, 5) is 33.9. The van der Waals surface area contributed by atoms with Crippen molar-refractivity contribution in [2.75, 3.05) is 5.32 Å². The highest BCUT2D eigenvalue weighted by atomic mass is 16.4. The molecule has 3 rings (SSSR count). The Kier molecular flexibility index (Phi) is 3.07. The number of carbonyl (C=O) groups excluding carboxylic acids is 1. The molecule has 1 aromatic carbocycles. The van der Waals surface area contributed by atoms with E-state index >= 15 is 0 Å². The second-order valence-electron chi connectivity index (χ2n) is 4.26. The number of aromatic carboxylic acids is 1. The quantitative estimate of drug-likeness (QED) is 0.680. The summed E-state index contributed by atoms with van der Waals surface area (Å²) in [5, 5.41) is 12.3. The molecule has 0 radical (unpaired) electrons. The smallest absolute Gasteiger partial charge is 0.358 e. The summed E-state index contributed by atoms with van der Waals surface area (Å²) in [7, 11) is 0. The van der Waals surface area contributed by atoms with E-state index < -0.39 is 11.9 Å². The van der Waals surface area contributed by atoms with Crippen molar-refractivity contribution in [3.63, 3.8) is 0 Å². The standard InChI is InChI=1S/C14H10N4O3/c19-13(9-2-1-3-10-8(9)4-5-15-10)18-12-11(14(20)21)16-6-7-17-12/h1-7,15H,(H,20,21)(H,17,18,19). The molecule has 0 saturated heterocycles. The second-order valence-corrected chi connectivity index (χ2v) is 4.26. The minimum absolute atomic E-state index is 0.0810.